The molecule has 0 aliphatic rings. The highest BCUT2D eigenvalue weighted by atomic mass is 16.1. The molecule has 0 saturated carbocycles. The lowest BCUT2D eigenvalue weighted by atomic mass is 9.95. The fraction of sp³-hybridized carbons (Fsp3) is 0.125. The van der Waals surface area contributed by atoms with Gasteiger partial charge in [0.25, 0.3) is 0 Å². The van der Waals surface area contributed by atoms with Crippen LogP contribution < -0.4 is 5.73 Å². The molecule has 3 nitrogen and oxygen atoms in total. The third kappa shape index (κ3) is 2.88. The highest BCUT2D eigenvalue weighted by Gasteiger charge is 2.13. The van der Waals surface area contributed by atoms with E-state index in [1.165, 1.54) is 0 Å². The number of amidine groups is 1. The van der Waals surface area contributed by atoms with Crippen LogP contribution in [0.1, 0.15) is 34.3 Å². The third-order valence-corrected chi connectivity index (χ3v) is 3.15. The van der Waals surface area contributed by atoms with Crippen molar-refractivity contribution in [3.8, 4) is 0 Å². The van der Waals surface area contributed by atoms with E-state index in [-0.39, 0.29) is 17.5 Å². The molecule has 0 aliphatic heterocycles. The van der Waals surface area contributed by atoms with Gasteiger partial charge in [-0.25, -0.2) is 0 Å². The van der Waals surface area contributed by atoms with Crippen molar-refractivity contribution in [1.82, 2.24) is 0 Å². The second-order valence-electron chi connectivity index (χ2n) is 4.50. The fourth-order valence-corrected chi connectivity index (χ4v) is 1.88. The molecule has 2 rings (SSSR count). The maximum Gasteiger partial charge on any atom is 0.193 e. The van der Waals surface area contributed by atoms with Crippen molar-refractivity contribution in [2.75, 3.05) is 0 Å². The zero-order chi connectivity index (χ0) is 13.8. The van der Waals surface area contributed by atoms with Gasteiger partial charge in [-0.3, -0.25) is 10.2 Å². The molecule has 3 heteroatoms. The minimum atomic E-state index is -0.177. The van der Waals surface area contributed by atoms with Crippen LogP contribution in [0.25, 0.3) is 0 Å². The summed E-state index contributed by atoms with van der Waals surface area (Å²) < 4.78 is 0. The van der Waals surface area contributed by atoms with Crippen LogP contribution in [0.5, 0.6) is 0 Å². The van der Waals surface area contributed by atoms with Crippen molar-refractivity contribution in [2.24, 2.45) is 5.73 Å². The topological polar surface area (TPSA) is 66.9 Å². The highest BCUT2D eigenvalue weighted by Crippen LogP contribution is 2.18. The lowest BCUT2D eigenvalue weighted by molar-refractivity contribution is 0.103. The summed E-state index contributed by atoms with van der Waals surface area (Å²) in [4.78, 5) is 12.3. The summed E-state index contributed by atoms with van der Waals surface area (Å²) in [5.74, 6) is -0.0916. The van der Waals surface area contributed by atoms with Crippen molar-refractivity contribution in [2.45, 2.75) is 12.8 Å². The molecule has 0 saturated heterocycles. The predicted octanol–water partition coefficient (Wildman–Crippen LogP) is 2.96. The number of hydrogen-bond acceptors (Lipinski definition) is 2. The summed E-state index contributed by atoms with van der Waals surface area (Å²) in [6.07, 6.45) is 0. The van der Waals surface area contributed by atoms with Gasteiger partial charge in [-0.2, -0.15) is 0 Å². The summed E-state index contributed by atoms with van der Waals surface area (Å²) >= 11 is 0. The van der Waals surface area contributed by atoms with E-state index in [1.54, 1.807) is 24.3 Å². The minimum absolute atomic E-state index is 0.0156. The van der Waals surface area contributed by atoms with Crippen LogP contribution in [-0.4, -0.2) is 11.6 Å². The average Bonchev–Trinajstić information content (AvgIpc) is 2.46. The Morgan fingerprint density at radius 3 is 2.32 bits per heavy atom. The normalized spacial score (nSPS) is 11.8. The number of nitrogens with two attached hydrogens (primary N) is 1. The van der Waals surface area contributed by atoms with Crippen LogP contribution in [0.15, 0.2) is 54.6 Å². The molecule has 0 spiro atoms. The maximum atomic E-state index is 12.3. The molecule has 1 atom stereocenters. The first-order valence-electron chi connectivity index (χ1n) is 6.13. The van der Waals surface area contributed by atoms with E-state index in [1.807, 2.05) is 37.3 Å². The molecular weight excluding hydrogens is 236 g/mol. The Labute approximate surface area is 112 Å². The standard InChI is InChI=1S/C16H16N2O/c1-11(16(17)18)13-8-5-9-14(10-13)15(19)12-6-3-2-4-7-12/h2-11H,1H3,(H3,17,18)/t11-/m0/s1. The molecule has 2 aromatic rings. The molecule has 0 unspecified atom stereocenters. The van der Waals surface area contributed by atoms with Crippen molar-refractivity contribution >= 4 is 11.6 Å². The van der Waals surface area contributed by atoms with Gasteiger partial charge < -0.3 is 5.73 Å². The summed E-state index contributed by atoms with van der Waals surface area (Å²) in [6.45, 7) is 1.86. The summed E-state index contributed by atoms with van der Waals surface area (Å²) in [5, 5.41) is 7.47. The van der Waals surface area contributed by atoms with Crippen LogP contribution >= 0.6 is 0 Å². The monoisotopic (exact) mass is 252 g/mol. The lowest BCUT2D eigenvalue weighted by Gasteiger charge is -2.11. The van der Waals surface area contributed by atoms with Gasteiger partial charge in [0.15, 0.2) is 5.78 Å². The Hall–Kier alpha value is -2.42. The Morgan fingerprint density at radius 2 is 1.68 bits per heavy atom. The molecule has 0 heterocycles. The van der Waals surface area contributed by atoms with Gasteiger partial charge in [-0.1, -0.05) is 55.5 Å². The van der Waals surface area contributed by atoms with Gasteiger partial charge in [0.05, 0.1) is 5.84 Å². The summed E-state index contributed by atoms with van der Waals surface area (Å²) in [7, 11) is 0. The highest BCUT2D eigenvalue weighted by molar-refractivity contribution is 6.09. The van der Waals surface area contributed by atoms with E-state index in [4.69, 9.17) is 11.1 Å². The Bertz CT molecular complexity index is 605. The zero-order valence-corrected chi connectivity index (χ0v) is 10.8. The van der Waals surface area contributed by atoms with E-state index in [9.17, 15) is 4.79 Å². The molecule has 3 N–H and O–H groups in total. The summed E-state index contributed by atoms with van der Waals surface area (Å²) in [6, 6.07) is 16.5. The van der Waals surface area contributed by atoms with E-state index in [0.717, 1.165) is 5.56 Å². The van der Waals surface area contributed by atoms with Gasteiger partial charge in [-0.15, -0.1) is 0 Å². The largest absolute Gasteiger partial charge is 0.387 e. The molecule has 0 fully saturated rings. The van der Waals surface area contributed by atoms with Crippen LogP contribution in [0.2, 0.25) is 0 Å². The smallest absolute Gasteiger partial charge is 0.193 e. The lowest BCUT2D eigenvalue weighted by Crippen LogP contribution is -2.18. The SMILES string of the molecule is C[C@H](C(=N)N)c1cccc(C(=O)c2ccccc2)c1. The minimum Gasteiger partial charge on any atom is -0.387 e. The number of hydrogen-bond donors (Lipinski definition) is 2. The van der Waals surface area contributed by atoms with E-state index in [0.29, 0.717) is 11.1 Å². The third-order valence-electron chi connectivity index (χ3n) is 3.15. The first-order chi connectivity index (χ1) is 9.09. The van der Waals surface area contributed by atoms with Crippen LogP contribution in [0.3, 0.4) is 0 Å². The second kappa shape index (κ2) is 5.48. The van der Waals surface area contributed by atoms with Crippen molar-refractivity contribution in [3.63, 3.8) is 0 Å². The molecule has 2 aromatic carbocycles. The van der Waals surface area contributed by atoms with Crippen molar-refractivity contribution in [3.05, 3.63) is 71.3 Å². The molecule has 0 radical (unpaired) electrons. The fourth-order valence-electron chi connectivity index (χ4n) is 1.88. The molecule has 0 aliphatic carbocycles. The van der Waals surface area contributed by atoms with Gasteiger partial charge in [-0.05, 0) is 11.6 Å². The number of carbonyl (C=O) groups excluding carboxylic acids is 1. The first kappa shape index (κ1) is 13.0. The van der Waals surface area contributed by atoms with Gasteiger partial charge in [0.1, 0.15) is 0 Å². The van der Waals surface area contributed by atoms with E-state index in [2.05, 4.69) is 0 Å². The average molecular weight is 252 g/mol. The number of rotatable bonds is 4. The Morgan fingerprint density at radius 1 is 1.05 bits per heavy atom. The predicted molar refractivity (Wildman–Crippen MR) is 76.6 cm³/mol. The summed E-state index contributed by atoms with van der Waals surface area (Å²) in [5.41, 5.74) is 7.67. The zero-order valence-electron chi connectivity index (χ0n) is 10.8. The Kier molecular flexibility index (Phi) is 3.76. The number of carbonyl (C=O) groups is 1. The van der Waals surface area contributed by atoms with Crippen molar-refractivity contribution in [1.29, 1.82) is 5.41 Å². The molecule has 0 aromatic heterocycles. The quantitative estimate of drug-likeness (QED) is 0.499. The van der Waals surface area contributed by atoms with E-state index < -0.39 is 0 Å². The Balaban J connectivity index is 2.34. The number of ketones is 1. The molecule has 0 bridgehead atoms. The second-order valence-corrected chi connectivity index (χ2v) is 4.50. The van der Waals surface area contributed by atoms with E-state index >= 15 is 0 Å². The van der Waals surface area contributed by atoms with Crippen LogP contribution in [-0.2, 0) is 0 Å². The van der Waals surface area contributed by atoms with Gasteiger partial charge >= 0.3 is 0 Å². The molecule has 0 amide bonds. The van der Waals surface area contributed by atoms with Gasteiger partial charge in [0, 0.05) is 17.0 Å². The first-order valence-corrected chi connectivity index (χ1v) is 6.13. The van der Waals surface area contributed by atoms with Crippen molar-refractivity contribution < 1.29 is 4.79 Å². The maximum absolute atomic E-state index is 12.3. The molecule has 96 valence electrons. The molecule has 19 heavy (non-hydrogen) atoms. The van der Waals surface area contributed by atoms with Crippen LogP contribution in [0, 0.1) is 5.41 Å². The van der Waals surface area contributed by atoms with Crippen LogP contribution in [0.4, 0.5) is 0 Å². The number of nitrogens with one attached hydrogen (secondary N) is 1. The molecular formula is C16H16N2O. The number of benzene rings is 2. The van der Waals surface area contributed by atoms with Gasteiger partial charge in [0.2, 0.25) is 0 Å².